The highest BCUT2D eigenvalue weighted by Gasteiger charge is 2.45. The summed E-state index contributed by atoms with van der Waals surface area (Å²) in [5.74, 6) is -0.904. The zero-order valence-electron chi connectivity index (χ0n) is 20.6. The van der Waals surface area contributed by atoms with Crippen LogP contribution in [0.4, 0.5) is 0 Å². The van der Waals surface area contributed by atoms with Crippen molar-refractivity contribution in [3.63, 3.8) is 0 Å². The second-order valence-electron chi connectivity index (χ2n) is 9.08. The van der Waals surface area contributed by atoms with E-state index in [-0.39, 0.29) is 11.3 Å². The van der Waals surface area contributed by atoms with Crippen molar-refractivity contribution in [2.45, 2.75) is 19.1 Å². The van der Waals surface area contributed by atoms with E-state index in [1.165, 1.54) is 4.90 Å². The molecule has 1 atom stereocenters. The molecule has 1 fully saturated rings. The Morgan fingerprint density at radius 2 is 1.39 bits per heavy atom. The SMILES string of the molecule is O=C1C(=O)N(CCc2ccccc2)C(c2ccc(OCc3ccccc3)cc2)/C1=C(\O)c1ccc(Cl)cc1. The molecule has 0 saturated carbocycles. The predicted molar refractivity (Wildman–Crippen MR) is 148 cm³/mol. The third-order valence-corrected chi connectivity index (χ3v) is 6.84. The molecule has 1 heterocycles. The summed E-state index contributed by atoms with van der Waals surface area (Å²) in [6.45, 7) is 0.745. The van der Waals surface area contributed by atoms with Crippen molar-refractivity contribution < 1.29 is 19.4 Å². The van der Waals surface area contributed by atoms with Gasteiger partial charge in [-0.25, -0.2) is 0 Å². The Kier molecular flexibility index (Phi) is 7.57. The van der Waals surface area contributed by atoms with Crippen molar-refractivity contribution in [3.05, 3.63) is 142 Å². The molecule has 190 valence electrons. The molecular weight excluding hydrogens is 498 g/mol. The van der Waals surface area contributed by atoms with Gasteiger partial charge in [-0.3, -0.25) is 9.59 Å². The number of ether oxygens (including phenoxy) is 1. The average Bonchev–Trinajstić information content (AvgIpc) is 3.21. The number of hydrogen-bond donors (Lipinski definition) is 1. The Bertz CT molecular complexity index is 1450. The molecule has 4 aromatic rings. The smallest absolute Gasteiger partial charge is 0.295 e. The van der Waals surface area contributed by atoms with Gasteiger partial charge in [0.2, 0.25) is 0 Å². The van der Waals surface area contributed by atoms with Crippen LogP contribution in [0.15, 0.2) is 115 Å². The first-order chi connectivity index (χ1) is 18.5. The van der Waals surface area contributed by atoms with E-state index >= 15 is 0 Å². The highest BCUT2D eigenvalue weighted by Crippen LogP contribution is 2.40. The summed E-state index contributed by atoms with van der Waals surface area (Å²) in [4.78, 5) is 28.0. The van der Waals surface area contributed by atoms with Gasteiger partial charge in [-0.15, -0.1) is 0 Å². The second kappa shape index (κ2) is 11.4. The van der Waals surface area contributed by atoms with E-state index in [1.807, 2.05) is 84.9 Å². The van der Waals surface area contributed by atoms with Crippen LogP contribution >= 0.6 is 11.6 Å². The molecule has 1 unspecified atom stereocenters. The lowest BCUT2D eigenvalue weighted by Gasteiger charge is -2.25. The van der Waals surface area contributed by atoms with Gasteiger partial charge in [0.05, 0.1) is 11.6 Å². The first-order valence-electron chi connectivity index (χ1n) is 12.4. The van der Waals surface area contributed by atoms with Crippen LogP contribution in [0, 0.1) is 0 Å². The molecular formula is C32H26ClNO4. The minimum absolute atomic E-state index is 0.0586. The maximum absolute atomic E-state index is 13.3. The number of Topliss-reactive ketones (excluding diaryl/α,β-unsaturated/α-hetero) is 1. The molecule has 1 N–H and O–H groups in total. The quantitative estimate of drug-likeness (QED) is 0.161. The topological polar surface area (TPSA) is 66.8 Å². The standard InChI is InChI=1S/C32H26ClNO4/c33-26-15-11-25(12-16-26)30(35)28-29(34(32(37)31(28)36)20-19-22-7-3-1-4-8-22)24-13-17-27(18-14-24)38-21-23-9-5-2-6-10-23/h1-18,29,35H,19-21H2/b30-28+. The number of hydrogen-bond acceptors (Lipinski definition) is 4. The lowest BCUT2D eigenvalue weighted by molar-refractivity contribution is -0.139. The average molecular weight is 524 g/mol. The number of amides is 1. The molecule has 1 aliphatic heterocycles. The number of halogens is 1. The van der Waals surface area contributed by atoms with Gasteiger partial charge in [0, 0.05) is 17.1 Å². The van der Waals surface area contributed by atoms with E-state index in [0.717, 1.165) is 11.1 Å². The Hall–Kier alpha value is -4.35. The van der Waals surface area contributed by atoms with Gasteiger partial charge in [-0.2, -0.15) is 0 Å². The van der Waals surface area contributed by atoms with Crippen LogP contribution in [0.5, 0.6) is 5.75 Å². The van der Waals surface area contributed by atoms with Gasteiger partial charge in [0.25, 0.3) is 11.7 Å². The van der Waals surface area contributed by atoms with E-state index < -0.39 is 17.7 Å². The van der Waals surface area contributed by atoms with E-state index in [9.17, 15) is 14.7 Å². The first kappa shape index (κ1) is 25.3. The number of ketones is 1. The van der Waals surface area contributed by atoms with Gasteiger partial charge < -0.3 is 14.7 Å². The highest BCUT2D eigenvalue weighted by atomic mass is 35.5. The maximum atomic E-state index is 13.3. The Labute approximate surface area is 226 Å². The van der Waals surface area contributed by atoms with Crippen molar-refractivity contribution in [1.82, 2.24) is 4.90 Å². The summed E-state index contributed by atoms with van der Waals surface area (Å²) in [6.07, 6.45) is 0.573. The third kappa shape index (κ3) is 5.48. The molecule has 1 aliphatic rings. The molecule has 5 rings (SSSR count). The van der Waals surface area contributed by atoms with Crippen LogP contribution in [-0.4, -0.2) is 28.2 Å². The van der Waals surface area contributed by atoms with E-state index in [0.29, 0.717) is 41.5 Å². The molecule has 6 heteroatoms. The molecule has 1 saturated heterocycles. The molecule has 0 bridgehead atoms. The zero-order chi connectivity index (χ0) is 26.5. The molecule has 38 heavy (non-hydrogen) atoms. The van der Waals surface area contributed by atoms with Crippen molar-refractivity contribution in [1.29, 1.82) is 0 Å². The van der Waals surface area contributed by atoms with Crippen molar-refractivity contribution >= 4 is 29.1 Å². The van der Waals surface area contributed by atoms with E-state index in [4.69, 9.17) is 16.3 Å². The summed E-state index contributed by atoms with van der Waals surface area (Å²) in [7, 11) is 0. The summed E-state index contributed by atoms with van der Waals surface area (Å²) < 4.78 is 5.92. The van der Waals surface area contributed by atoms with Crippen molar-refractivity contribution in [3.8, 4) is 5.75 Å². The number of nitrogens with zero attached hydrogens (tertiary/aromatic N) is 1. The number of aliphatic hydroxyl groups excluding tert-OH is 1. The number of benzene rings is 4. The number of rotatable bonds is 8. The van der Waals surface area contributed by atoms with Gasteiger partial charge >= 0.3 is 0 Å². The largest absolute Gasteiger partial charge is 0.507 e. The maximum Gasteiger partial charge on any atom is 0.295 e. The summed E-state index contributed by atoms with van der Waals surface area (Å²) in [5, 5.41) is 11.7. The van der Waals surface area contributed by atoms with Crippen LogP contribution in [0.25, 0.3) is 5.76 Å². The fourth-order valence-electron chi connectivity index (χ4n) is 4.60. The number of aliphatic hydroxyl groups is 1. The summed E-state index contributed by atoms with van der Waals surface area (Å²) in [6, 6.07) is 32.7. The van der Waals surface area contributed by atoms with Gasteiger partial charge in [0.15, 0.2) is 0 Å². The molecule has 1 amide bonds. The Balaban J connectivity index is 1.47. The van der Waals surface area contributed by atoms with Crippen LogP contribution in [0.1, 0.15) is 28.3 Å². The van der Waals surface area contributed by atoms with Crippen LogP contribution in [0.3, 0.4) is 0 Å². The number of carbonyl (C=O) groups is 2. The zero-order valence-corrected chi connectivity index (χ0v) is 21.3. The molecule has 0 aromatic heterocycles. The molecule has 0 spiro atoms. The molecule has 0 aliphatic carbocycles. The van der Waals surface area contributed by atoms with Gasteiger partial charge in [-0.1, -0.05) is 84.4 Å². The minimum atomic E-state index is -0.738. The van der Waals surface area contributed by atoms with E-state index in [2.05, 4.69) is 0 Å². The van der Waals surface area contributed by atoms with Crippen molar-refractivity contribution in [2.75, 3.05) is 6.54 Å². The Morgan fingerprint density at radius 3 is 2.03 bits per heavy atom. The monoisotopic (exact) mass is 523 g/mol. The van der Waals surface area contributed by atoms with Crippen LogP contribution in [-0.2, 0) is 22.6 Å². The van der Waals surface area contributed by atoms with E-state index in [1.54, 1.807) is 24.3 Å². The highest BCUT2D eigenvalue weighted by molar-refractivity contribution is 6.46. The lowest BCUT2D eigenvalue weighted by atomic mass is 9.95. The number of carbonyl (C=O) groups excluding carboxylic acids is 2. The minimum Gasteiger partial charge on any atom is -0.507 e. The van der Waals surface area contributed by atoms with Crippen LogP contribution < -0.4 is 4.74 Å². The fraction of sp³-hybridized carbons (Fsp3) is 0.125. The third-order valence-electron chi connectivity index (χ3n) is 6.59. The summed E-state index contributed by atoms with van der Waals surface area (Å²) in [5.41, 5.74) is 3.29. The van der Waals surface area contributed by atoms with Crippen molar-refractivity contribution in [2.24, 2.45) is 0 Å². The predicted octanol–water partition coefficient (Wildman–Crippen LogP) is 6.58. The molecule has 0 radical (unpaired) electrons. The molecule has 4 aromatic carbocycles. The fourth-order valence-corrected chi connectivity index (χ4v) is 4.73. The second-order valence-corrected chi connectivity index (χ2v) is 9.51. The summed E-state index contributed by atoms with van der Waals surface area (Å²) >= 11 is 6.02. The Morgan fingerprint density at radius 1 is 0.789 bits per heavy atom. The van der Waals surface area contributed by atoms with Crippen LogP contribution in [0.2, 0.25) is 5.02 Å². The lowest BCUT2D eigenvalue weighted by Crippen LogP contribution is -2.31. The first-order valence-corrected chi connectivity index (χ1v) is 12.7. The van der Waals surface area contributed by atoms with Gasteiger partial charge in [0.1, 0.15) is 18.1 Å². The molecule has 5 nitrogen and oxygen atoms in total. The number of likely N-dealkylation sites (tertiary alicyclic amines) is 1. The van der Waals surface area contributed by atoms with Gasteiger partial charge in [-0.05, 0) is 59.5 Å². The normalized spacial score (nSPS) is 16.6.